The summed E-state index contributed by atoms with van der Waals surface area (Å²) in [6.45, 7) is 1.76. The molecule has 1 aromatic carbocycles. The van der Waals surface area contributed by atoms with Crippen LogP contribution in [0.1, 0.15) is 18.1 Å². The van der Waals surface area contributed by atoms with Gasteiger partial charge in [0.2, 0.25) is 15.9 Å². The Labute approximate surface area is 125 Å². The lowest BCUT2D eigenvalue weighted by Crippen LogP contribution is -2.40. The zero-order chi connectivity index (χ0) is 16.0. The second-order valence-corrected chi connectivity index (χ2v) is 6.75. The van der Waals surface area contributed by atoms with Crippen molar-refractivity contribution in [3.8, 4) is 6.07 Å². The highest BCUT2D eigenvalue weighted by atomic mass is 32.2. The topological polar surface area (TPSA) is 81.5 Å². The van der Waals surface area contributed by atoms with Crippen LogP contribution in [0, 0.1) is 11.3 Å². The molecule has 0 saturated carbocycles. The Bertz CT molecular complexity index is 630. The Morgan fingerprint density at radius 2 is 1.81 bits per heavy atom. The summed E-state index contributed by atoms with van der Waals surface area (Å²) < 4.78 is 25.8. The Morgan fingerprint density at radius 3 is 2.24 bits per heavy atom. The molecule has 0 atom stereocenters. The molecule has 1 rings (SSSR count). The molecule has 0 radical (unpaired) electrons. The predicted octanol–water partition coefficient (Wildman–Crippen LogP) is 0.798. The molecule has 21 heavy (non-hydrogen) atoms. The van der Waals surface area contributed by atoms with E-state index in [2.05, 4.69) is 0 Å². The van der Waals surface area contributed by atoms with Gasteiger partial charge in [0, 0.05) is 20.6 Å². The number of benzene rings is 1. The van der Waals surface area contributed by atoms with Crippen molar-refractivity contribution >= 4 is 15.9 Å². The molecular weight excluding hydrogens is 290 g/mol. The largest absolute Gasteiger partial charge is 0.348 e. The minimum absolute atomic E-state index is 0.165. The van der Waals surface area contributed by atoms with Gasteiger partial charge in [-0.2, -0.15) is 9.57 Å². The molecule has 6 nitrogen and oxygen atoms in total. The van der Waals surface area contributed by atoms with Crippen LogP contribution in [0.5, 0.6) is 0 Å². The van der Waals surface area contributed by atoms with Crippen molar-refractivity contribution in [1.82, 2.24) is 9.21 Å². The van der Waals surface area contributed by atoms with E-state index >= 15 is 0 Å². The first-order valence-electron chi connectivity index (χ1n) is 6.47. The van der Waals surface area contributed by atoms with Crippen LogP contribution in [0.25, 0.3) is 0 Å². The molecule has 114 valence electrons. The van der Waals surface area contributed by atoms with Gasteiger partial charge in [0.25, 0.3) is 0 Å². The minimum atomic E-state index is -3.57. The maximum absolute atomic E-state index is 12.3. The number of rotatable bonds is 6. The average Bonchev–Trinajstić information content (AvgIpc) is 2.44. The standard InChI is InChI=1S/C14H19N3O3S/c1-4-17(10-14(18)16(2)3)21(19,20)11-13-7-5-12(9-15)6-8-13/h5-8H,4,10-11H2,1-3H3. The van der Waals surface area contributed by atoms with Gasteiger partial charge in [0.15, 0.2) is 0 Å². The number of carbonyl (C=O) groups excluding carboxylic acids is 1. The highest BCUT2D eigenvalue weighted by Crippen LogP contribution is 2.12. The summed E-state index contributed by atoms with van der Waals surface area (Å²) in [7, 11) is -0.397. The van der Waals surface area contributed by atoms with Crippen LogP contribution in [0.15, 0.2) is 24.3 Å². The summed E-state index contributed by atoms with van der Waals surface area (Å²) in [5.74, 6) is -0.451. The van der Waals surface area contributed by atoms with Crippen molar-refractivity contribution in [3.05, 3.63) is 35.4 Å². The van der Waals surface area contributed by atoms with Gasteiger partial charge in [-0.05, 0) is 17.7 Å². The van der Waals surface area contributed by atoms with Crippen molar-refractivity contribution in [2.24, 2.45) is 0 Å². The maximum Gasteiger partial charge on any atom is 0.237 e. The summed E-state index contributed by atoms with van der Waals surface area (Å²) in [6, 6.07) is 8.35. The van der Waals surface area contributed by atoms with Crippen LogP contribution >= 0.6 is 0 Å². The van der Waals surface area contributed by atoms with E-state index in [0.717, 1.165) is 4.31 Å². The van der Waals surface area contributed by atoms with E-state index in [1.165, 1.54) is 4.90 Å². The third kappa shape index (κ3) is 4.85. The van der Waals surface area contributed by atoms with Crippen molar-refractivity contribution in [2.75, 3.05) is 27.2 Å². The first-order valence-corrected chi connectivity index (χ1v) is 8.08. The number of nitrogens with zero attached hydrogens (tertiary/aromatic N) is 3. The molecule has 0 fully saturated rings. The van der Waals surface area contributed by atoms with Crippen LogP contribution in [0.4, 0.5) is 0 Å². The lowest BCUT2D eigenvalue weighted by molar-refractivity contribution is -0.128. The summed E-state index contributed by atoms with van der Waals surface area (Å²) in [5.41, 5.74) is 1.07. The molecule has 0 aromatic heterocycles. The van der Waals surface area contributed by atoms with Crippen molar-refractivity contribution in [3.63, 3.8) is 0 Å². The molecule has 1 amide bonds. The molecule has 0 saturated heterocycles. The lowest BCUT2D eigenvalue weighted by Gasteiger charge is -2.21. The number of hydrogen-bond donors (Lipinski definition) is 0. The molecular formula is C14H19N3O3S. The summed E-state index contributed by atoms with van der Waals surface area (Å²) >= 11 is 0. The molecule has 0 aliphatic heterocycles. The zero-order valence-electron chi connectivity index (χ0n) is 12.4. The van der Waals surface area contributed by atoms with Gasteiger partial charge in [0.1, 0.15) is 0 Å². The predicted molar refractivity (Wildman–Crippen MR) is 79.7 cm³/mol. The molecule has 7 heteroatoms. The molecule has 0 unspecified atom stereocenters. The van der Waals surface area contributed by atoms with E-state index in [-0.39, 0.29) is 24.7 Å². The molecule has 0 aliphatic rings. The molecule has 0 bridgehead atoms. The minimum Gasteiger partial charge on any atom is -0.348 e. The van der Waals surface area contributed by atoms with Crippen LogP contribution in [0.2, 0.25) is 0 Å². The number of amides is 1. The van der Waals surface area contributed by atoms with Crippen LogP contribution in [-0.4, -0.2) is 50.7 Å². The Balaban J connectivity index is 2.87. The van der Waals surface area contributed by atoms with Gasteiger partial charge in [-0.1, -0.05) is 19.1 Å². The zero-order valence-corrected chi connectivity index (χ0v) is 13.2. The second kappa shape index (κ2) is 7.20. The third-order valence-electron chi connectivity index (χ3n) is 2.99. The van der Waals surface area contributed by atoms with Crippen molar-refractivity contribution in [2.45, 2.75) is 12.7 Å². The summed E-state index contributed by atoms with van der Waals surface area (Å²) in [5, 5.41) is 8.72. The summed E-state index contributed by atoms with van der Waals surface area (Å²) in [4.78, 5) is 13.0. The normalized spacial score (nSPS) is 11.2. The number of carbonyl (C=O) groups is 1. The average molecular weight is 309 g/mol. The first-order chi connectivity index (χ1) is 9.80. The number of nitriles is 1. The van der Waals surface area contributed by atoms with E-state index in [9.17, 15) is 13.2 Å². The number of likely N-dealkylation sites (N-methyl/N-ethyl adjacent to an activating group) is 2. The lowest BCUT2D eigenvalue weighted by atomic mass is 10.2. The van der Waals surface area contributed by atoms with E-state index in [0.29, 0.717) is 11.1 Å². The van der Waals surface area contributed by atoms with Gasteiger partial charge in [-0.25, -0.2) is 8.42 Å². The van der Waals surface area contributed by atoms with Gasteiger partial charge in [0.05, 0.1) is 23.9 Å². The van der Waals surface area contributed by atoms with Crippen LogP contribution in [0.3, 0.4) is 0 Å². The molecule has 0 heterocycles. The fourth-order valence-electron chi connectivity index (χ4n) is 1.68. The first kappa shape index (κ1) is 17.1. The summed E-state index contributed by atoms with van der Waals surface area (Å²) in [6.07, 6.45) is 0. The highest BCUT2D eigenvalue weighted by Gasteiger charge is 2.24. The molecule has 0 spiro atoms. The van der Waals surface area contributed by atoms with Gasteiger partial charge in [-0.15, -0.1) is 0 Å². The Morgan fingerprint density at radius 1 is 1.24 bits per heavy atom. The molecule has 0 N–H and O–H groups in total. The number of sulfonamides is 1. The maximum atomic E-state index is 12.3. The van der Waals surface area contributed by atoms with Crippen molar-refractivity contribution in [1.29, 1.82) is 5.26 Å². The van der Waals surface area contributed by atoms with Crippen molar-refractivity contribution < 1.29 is 13.2 Å². The van der Waals surface area contributed by atoms with Crippen LogP contribution in [-0.2, 0) is 20.6 Å². The fourth-order valence-corrected chi connectivity index (χ4v) is 3.17. The van der Waals surface area contributed by atoms with E-state index in [1.54, 1.807) is 45.3 Å². The fraction of sp³-hybridized carbons (Fsp3) is 0.429. The van der Waals surface area contributed by atoms with E-state index < -0.39 is 10.0 Å². The Hall–Kier alpha value is -1.91. The van der Waals surface area contributed by atoms with Gasteiger partial charge >= 0.3 is 0 Å². The third-order valence-corrected chi connectivity index (χ3v) is 4.86. The van der Waals surface area contributed by atoms with Gasteiger partial charge < -0.3 is 4.90 Å². The molecule has 1 aromatic rings. The Kier molecular flexibility index (Phi) is 5.88. The number of hydrogen-bond acceptors (Lipinski definition) is 4. The molecule has 0 aliphatic carbocycles. The highest BCUT2D eigenvalue weighted by molar-refractivity contribution is 7.88. The van der Waals surface area contributed by atoms with E-state index in [4.69, 9.17) is 5.26 Å². The second-order valence-electron chi connectivity index (χ2n) is 4.78. The SMILES string of the molecule is CCN(CC(=O)N(C)C)S(=O)(=O)Cc1ccc(C#N)cc1. The smallest absolute Gasteiger partial charge is 0.237 e. The quantitative estimate of drug-likeness (QED) is 0.778. The van der Waals surface area contributed by atoms with E-state index in [1.807, 2.05) is 6.07 Å². The van der Waals surface area contributed by atoms with Gasteiger partial charge in [-0.3, -0.25) is 4.79 Å². The monoisotopic (exact) mass is 309 g/mol. The van der Waals surface area contributed by atoms with Crippen LogP contribution < -0.4 is 0 Å².